The van der Waals surface area contributed by atoms with Gasteiger partial charge in [-0.15, -0.1) is 11.3 Å². The number of imide groups is 1. The second-order valence-electron chi connectivity index (χ2n) is 6.51. The second kappa shape index (κ2) is 6.55. The van der Waals surface area contributed by atoms with Gasteiger partial charge in [0, 0.05) is 17.7 Å². The number of nitrogens with one attached hydrogen (secondary N) is 1. The average molecular weight is 361 g/mol. The minimum atomic E-state index is -1.21. The van der Waals surface area contributed by atoms with Crippen molar-refractivity contribution in [2.24, 2.45) is 0 Å². The summed E-state index contributed by atoms with van der Waals surface area (Å²) in [7, 11) is 0. The maximum absolute atomic E-state index is 12.7. The molecule has 1 aromatic heterocycles. The van der Waals surface area contributed by atoms with Crippen molar-refractivity contribution in [3.63, 3.8) is 0 Å². The van der Waals surface area contributed by atoms with E-state index in [1.54, 1.807) is 6.92 Å². The number of halogens is 1. The summed E-state index contributed by atoms with van der Waals surface area (Å²) >= 11 is 1.32. The Morgan fingerprint density at radius 3 is 2.76 bits per heavy atom. The zero-order valence-electron chi connectivity index (χ0n) is 14.4. The van der Waals surface area contributed by atoms with Crippen LogP contribution in [0.2, 0.25) is 0 Å². The Morgan fingerprint density at radius 1 is 1.32 bits per heavy atom. The largest absolute Gasteiger partial charge is 0.331 e. The summed E-state index contributed by atoms with van der Waals surface area (Å²) in [5.74, 6) is -0.453. The van der Waals surface area contributed by atoms with Crippen LogP contribution in [0.1, 0.15) is 35.0 Å². The van der Waals surface area contributed by atoms with Crippen molar-refractivity contribution in [2.75, 3.05) is 11.6 Å². The van der Waals surface area contributed by atoms with Gasteiger partial charge in [0.2, 0.25) is 5.13 Å². The molecule has 1 aromatic carbocycles. The van der Waals surface area contributed by atoms with Crippen LogP contribution in [0.15, 0.2) is 24.3 Å². The van der Waals surface area contributed by atoms with Gasteiger partial charge in [0.1, 0.15) is 5.54 Å². The zero-order chi connectivity index (χ0) is 18.2. The van der Waals surface area contributed by atoms with Crippen LogP contribution in [0.25, 0.3) is 0 Å². The lowest BCUT2D eigenvalue weighted by molar-refractivity contribution is -0.121. The highest BCUT2D eigenvalue weighted by atomic mass is 32.1. The van der Waals surface area contributed by atoms with Crippen LogP contribution in [0.3, 0.4) is 0 Å². The van der Waals surface area contributed by atoms with Gasteiger partial charge >= 0.3 is 6.03 Å². The van der Waals surface area contributed by atoms with Crippen molar-refractivity contribution < 1.29 is 14.0 Å². The van der Waals surface area contributed by atoms with Gasteiger partial charge in [-0.2, -0.15) is 0 Å². The number of carbonyl (C=O) groups excluding carboxylic acids is 2. The number of nitrogens with zero attached hydrogens (tertiary/aromatic N) is 2. The maximum atomic E-state index is 12.7. The van der Waals surface area contributed by atoms with E-state index in [-0.39, 0.29) is 6.42 Å². The molecule has 132 valence electrons. The Balaban J connectivity index is 1.87. The van der Waals surface area contributed by atoms with Crippen LogP contribution in [-0.2, 0) is 11.2 Å². The summed E-state index contributed by atoms with van der Waals surface area (Å²) in [5, 5.41) is 2.92. The van der Waals surface area contributed by atoms with Crippen molar-refractivity contribution >= 4 is 28.4 Å². The van der Waals surface area contributed by atoms with Crippen LogP contribution in [0.5, 0.6) is 0 Å². The summed E-state index contributed by atoms with van der Waals surface area (Å²) in [4.78, 5) is 31.3. The lowest BCUT2D eigenvalue weighted by atomic mass is 9.99. The first-order valence-corrected chi connectivity index (χ1v) is 8.90. The first-order chi connectivity index (χ1) is 11.8. The van der Waals surface area contributed by atoms with Crippen molar-refractivity contribution in [2.45, 2.75) is 39.2 Å². The summed E-state index contributed by atoms with van der Waals surface area (Å²) < 4.78 is 12.7. The Morgan fingerprint density at radius 2 is 2.08 bits per heavy atom. The summed E-state index contributed by atoms with van der Waals surface area (Å²) in [5.41, 5.74) is 1.91. The van der Waals surface area contributed by atoms with E-state index in [0.717, 1.165) is 21.0 Å². The molecule has 3 rings (SSSR count). The molecule has 1 aliphatic rings. The number of urea groups is 1. The maximum Gasteiger partial charge on any atom is 0.331 e. The molecule has 0 radical (unpaired) electrons. The molecule has 1 aliphatic heterocycles. The molecule has 0 aliphatic carbocycles. The third-order valence-corrected chi connectivity index (χ3v) is 5.52. The van der Waals surface area contributed by atoms with Gasteiger partial charge in [0.15, 0.2) is 0 Å². The number of hydrogen-bond acceptors (Lipinski definition) is 4. The fourth-order valence-corrected chi connectivity index (χ4v) is 3.99. The van der Waals surface area contributed by atoms with Gasteiger partial charge < -0.3 is 5.32 Å². The minimum Gasteiger partial charge on any atom is -0.323 e. The van der Waals surface area contributed by atoms with E-state index in [9.17, 15) is 14.0 Å². The molecule has 0 bridgehead atoms. The Kier molecular flexibility index (Phi) is 4.60. The first kappa shape index (κ1) is 17.5. The van der Waals surface area contributed by atoms with E-state index in [1.165, 1.54) is 16.9 Å². The second-order valence-corrected chi connectivity index (χ2v) is 7.57. The van der Waals surface area contributed by atoms with E-state index in [2.05, 4.69) is 16.4 Å². The van der Waals surface area contributed by atoms with Crippen molar-refractivity contribution in [1.29, 1.82) is 0 Å². The SMILES string of the molecule is Cc1cccc(Cc2sc(N3C(=O)NC(C)(CCF)C3=O)nc2C)c1. The third kappa shape index (κ3) is 3.28. The Labute approximate surface area is 149 Å². The molecule has 1 atom stereocenters. The Hall–Kier alpha value is -2.28. The monoisotopic (exact) mass is 361 g/mol. The molecule has 3 amide bonds. The fourth-order valence-electron chi connectivity index (χ4n) is 2.90. The molecule has 2 aromatic rings. The minimum absolute atomic E-state index is 0.0470. The number of rotatable bonds is 5. The summed E-state index contributed by atoms with van der Waals surface area (Å²) in [6, 6.07) is 7.63. The molecular formula is C18H20FN3O2S. The van der Waals surface area contributed by atoms with E-state index < -0.39 is 24.2 Å². The van der Waals surface area contributed by atoms with Gasteiger partial charge in [-0.25, -0.2) is 14.7 Å². The highest BCUT2D eigenvalue weighted by molar-refractivity contribution is 7.16. The van der Waals surface area contributed by atoms with Gasteiger partial charge in [0.25, 0.3) is 5.91 Å². The number of carbonyl (C=O) groups is 2. The number of benzene rings is 1. The summed E-state index contributed by atoms with van der Waals surface area (Å²) in [6.45, 7) is 4.77. The highest BCUT2D eigenvalue weighted by Gasteiger charge is 2.49. The van der Waals surface area contributed by atoms with E-state index >= 15 is 0 Å². The molecule has 1 N–H and O–H groups in total. The molecular weight excluding hydrogens is 341 g/mol. The quantitative estimate of drug-likeness (QED) is 0.829. The lowest BCUT2D eigenvalue weighted by Crippen LogP contribution is -2.44. The predicted octanol–water partition coefficient (Wildman–Crippen LogP) is 3.53. The van der Waals surface area contributed by atoms with Gasteiger partial charge in [-0.05, 0) is 26.3 Å². The first-order valence-electron chi connectivity index (χ1n) is 8.08. The molecule has 2 heterocycles. The van der Waals surface area contributed by atoms with Crippen LogP contribution in [0, 0.1) is 13.8 Å². The number of alkyl halides is 1. The van der Waals surface area contributed by atoms with Crippen molar-refractivity contribution in [1.82, 2.24) is 10.3 Å². The highest BCUT2D eigenvalue weighted by Crippen LogP contribution is 2.33. The van der Waals surface area contributed by atoms with Crippen molar-refractivity contribution in [3.8, 4) is 0 Å². The third-order valence-electron chi connectivity index (χ3n) is 4.38. The Bertz CT molecular complexity index is 835. The van der Waals surface area contributed by atoms with Crippen LogP contribution < -0.4 is 10.2 Å². The van der Waals surface area contributed by atoms with Gasteiger partial charge in [0.05, 0.1) is 12.4 Å². The van der Waals surface area contributed by atoms with E-state index in [4.69, 9.17) is 0 Å². The number of aromatic nitrogens is 1. The summed E-state index contributed by atoms with van der Waals surface area (Å²) in [6.07, 6.45) is 0.644. The smallest absolute Gasteiger partial charge is 0.323 e. The lowest BCUT2D eigenvalue weighted by Gasteiger charge is -2.18. The molecule has 1 fully saturated rings. The van der Waals surface area contributed by atoms with Crippen LogP contribution in [-0.4, -0.2) is 29.1 Å². The number of amides is 3. The van der Waals surface area contributed by atoms with Crippen molar-refractivity contribution in [3.05, 3.63) is 46.0 Å². The molecule has 0 saturated carbocycles. The standard InChI is InChI=1S/C18H20FN3O2S/c1-11-5-4-6-13(9-11)10-14-12(2)20-17(25-14)22-15(23)18(3,7-8-19)21-16(22)24/h4-6,9H,7-8,10H2,1-3H3,(H,21,24). The topological polar surface area (TPSA) is 62.3 Å². The number of aryl methyl sites for hydroxylation is 2. The molecule has 7 heteroatoms. The van der Waals surface area contributed by atoms with Gasteiger partial charge in [-0.1, -0.05) is 29.8 Å². The van der Waals surface area contributed by atoms with Crippen LogP contribution in [0.4, 0.5) is 14.3 Å². The number of anilines is 1. The van der Waals surface area contributed by atoms with E-state index in [0.29, 0.717) is 11.6 Å². The van der Waals surface area contributed by atoms with Gasteiger partial charge in [-0.3, -0.25) is 9.18 Å². The fraction of sp³-hybridized carbons (Fsp3) is 0.389. The molecule has 0 spiro atoms. The number of hydrogen-bond donors (Lipinski definition) is 1. The molecule has 1 unspecified atom stereocenters. The average Bonchev–Trinajstić information content (AvgIpc) is 2.97. The predicted molar refractivity (Wildman–Crippen MR) is 95.9 cm³/mol. The zero-order valence-corrected chi connectivity index (χ0v) is 15.2. The van der Waals surface area contributed by atoms with Crippen LogP contribution >= 0.6 is 11.3 Å². The molecule has 1 saturated heterocycles. The number of thiazole rings is 1. The molecule has 5 nitrogen and oxygen atoms in total. The molecule has 25 heavy (non-hydrogen) atoms. The van der Waals surface area contributed by atoms with E-state index in [1.807, 2.05) is 32.0 Å². The normalized spacial score (nSPS) is 20.2.